The van der Waals surface area contributed by atoms with Crippen LogP contribution in [0.4, 0.5) is 10.1 Å². The number of rotatable bonds is 6. The summed E-state index contributed by atoms with van der Waals surface area (Å²) in [6.07, 6.45) is -6.93. The first-order valence-corrected chi connectivity index (χ1v) is 9.65. The van der Waals surface area contributed by atoms with Crippen molar-refractivity contribution < 1.29 is 48.2 Å². The number of imide groups is 1. The topological polar surface area (TPSA) is 91.0 Å². The molecule has 3 aliphatic rings. The fourth-order valence-corrected chi connectivity index (χ4v) is 3.23. The molecule has 3 aliphatic heterocycles. The van der Waals surface area contributed by atoms with Crippen LogP contribution in [0.15, 0.2) is 36.4 Å². The third kappa shape index (κ3) is 4.53. The van der Waals surface area contributed by atoms with Crippen LogP contribution in [0.2, 0.25) is 0 Å². The van der Waals surface area contributed by atoms with E-state index in [4.69, 9.17) is 24.7 Å². The van der Waals surface area contributed by atoms with Gasteiger partial charge in [0.2, 0.25) is 11.8 Å². The Morgan fingerprint density at radius 1 is 1.21 bits per heavy atom. The van der Waals surface area contributed by atoms with Crippen LogP contribution in [0.25, 0.3) is 0 Å². The van der Waals surface area contributed by atoms with Gasteiger partial charge in [0.15, 0.2) is 0 Å². The number of halogens is 1. The first kappa shape index (κ1) is 9.75. The molecule has 0 spiro atoms. The normalized spacial score (nSPS) is 40.0. The summed E-state index contributed by atoms with van der Waals surface area (Å²) in [7, 11) is 0. The minimum Gasteiger partial charge on any atom is -0.381 e. The van der Waals surface area contributed by atoms with E-state index in [-0.39, 0.29) is 4.90 Å². The summed E-state index contributed by atoms with van der Waals surface area (Å²) in [6, 6.07) is 2.15. The van der Waals surface area contributed by atoms with Crippen molar-refractivity contribution in [1.29, 1.82) is 0 Å². The summed E-state index contributed by atoms with van der Waals surface area (Å²) < 4.78 is 169. The van der Waals surface area contributed by atoms with Crippen molar-refractivity contribution in [2.24, 2.45) is 0 Å². The van der Waals surface area contributed by atoms with Crippen molar-refractivity contribution in [1.82, 2.24) is 15.1 Å². The summed E-state index contributed by atoms with van der Waals surface area (Å²) in [5, 5.41) is 3.75. The number of anilines is 1. The van der Waals surface area contributed by atoms with Gasteiger partial charge in [0, 0.05) is 74.9 Å². The monoisotopic (exact) mass is 484 g/mol. The fraction of sp³-hybridized carbons (Fsp3) is 0.400. The Labute approximate surface area is 222 Å². The molecule has 3 amide bonds. The average molecular weight is 485 g/mol. The van der Waals surface area contributed by atoms with Gasteiger partial charge in [-0.1, -0.05) is 12.1 Å². The van der Waals surface area contributed by atoms with E-state index in [1.54, 1.807) is 5.32 Å². The minimum atomic E-state index is -3.75. The second-order valence-corrected chi connectivity index (χ2v) is 6.93. The number of morpholine rings is 1. The summed E-state index contributed by atoms with van der Waals surface area (Å²) in [5.41, 5.74) is -3.88. The quantitative estimate of drug-likeness (QED) is 0.610. The number of fused-ring (bicyclic) bond motifs is 1. The predicted molar refractivity (Wildman–Crippen MR) is 122 cm³/mol. The molecule has 2 saturated heterocycles. The van der Waals surface area contributed by atoms with Gasteiger partial charge in [0.05, 0.1) is 24.1 Å². The summed E-state index contributed by atoms with van der Waals surface area (Å²) >= 11 is 0. The molecule has 2 N–H and O–H groups in total. The minimum absolute atomic E-state index is 0.0509. The molecule has 0 bridgehead atoms. The van der Waals surface area contributed by atoms with Gasteiger partial charge in [0.1, 0.15) is 11.9 Å². The second kappa shape index (κ2) is 9.52. The molecule has 1 atom stereocenters. The molecule has 0 aromatic heterocycles. The van der Waals surface area contributed by atoms with Crippen LogP contribution in [0.3, 0.4) is 0 Å². The van der Waals surface area contributed by atoms with Crippen LogP contribution in [0.5, 0.6) is 0 Å². The molecular weight excluding hydrogens is 439 g/mol. The van der Waals surface area contributed by atoms with E-state index in [1.807, 2.05) is 0 Å². The average Bonchev–Trinajstić information content (AvgIpc) is 3.15. The van der Waals surface area contributed by atoms with E-state index in [0.29, 0.717) is 18.2 Å². The highest BCUT2D eigenvalue weighted by Gasteiger charge is 2.39. The largest absolute Gasteiger partial charge is 0.381 e. The number of amides is 3. The van der Waals surface area contributed by atoms with E-state index in [0.717, 1.165) is 18.2 Å². The van der Waals surface area contributed by atoms with E-state index < -0.39 is 121 Å². The van der Waals surface area contributed by atoms with Crippen molar-refractivity contribution in [3.8, 4) is 0 Å². The molecule has 8 nitrogen and oxygen atoms in total. The Hall–Kier alpha value is -3.30. The molecule has 0 saturated carbocycles. The van der Waals surface area contributed by atoms with Crippen molar-refractivity contribution >= 4 is 23.4 Å². The van der Waals surface area contributed by atoms with E-state index in [1.165, 1.54) is 0 Å². The molecule has 2 aromatic carbocycles. The second-order valence-electron chi connectivity index (χ2n) is 6.93. The number of nitrogens with one attached hydrogen (secondary N) is 2. The van der Waals surface area contributed by atoms with E-state index >= 15 is 4.39 Å². The molecule has 0 aliphatic carbocycles. The maximum atomic E-state index is 15.4. The smallest absolute Gasteiger partial charge is 0.255 e. The predicted octanol–water partition coefficient (Wildman–Crippen LogP) is 2.03. The van der Waals surface area contributed by atoms with Crippen LogP contribution in [-0.4, -0.2) is 59.7 Å². The molecule has 0 radical (unpaired) electrons. The van der Waals surface area contributed by atoms with E-state index in [2.05, 4.69) is 10.1 Å². The van der Waals surface area contributed by atoms with Gasteiger partial charge in [-0.25, -0.2) is 4.39 Å². The summed E-state index contributed by atoms with van der Waals surface area (Å²) in [4.78, 5) is 38.1. The molecule has 2 fully saturated rings. The Kier molecular flexibility index (Phi) is 2.73. The molecule has 3 heterocycles. The Balaban J connectivity index is 1.58. The van der Waals surface area contributed by atoms with Gasteiger partial charge in [-0.15, -0.1) is 0 Å². The maximum Gasteiger partial charge on any atom is 0.255 e. The zero-order valence-corrected chi connectivity index (χ0v) is 16.9. The molecule has 1 unspecified atom stereocenters. The number of hydrogen-bond donors (Lipinski definition) is 2. The highest BCUT2D eigenvalue weighted by molar-refractivity contribution is 6.06. The standard InChI is InChI=1S/C25H27FN4O4/c26-20-5-4-16(14-29-8-10-34-11-9-29)12-17(20)13-27-21-3-1-2-18-19(21)15-30(25(18)33)22-6-7-23(31)28-24(22)32/h1-5,12,22,27H,6-11,13-15H2,(H,28,31,32)/i6D2,7D2,8D2,9D2,10D2,11D2,13D2,14D2,15D2. The van der Waals surface area contributed by atoms with E-state index in [9.17, 15) is 14.4 Å². The number of benzene rings is 2. The van der Waals surface area contributed by atoms with Crippen LogP contribution >= 0.6 is 0 Å². The Bertz CT molecular complexity index is 1860. The van der Waals surface area contributed by atoms with Crippen molar-refractivity contribution in [2.75, 3.05) is 31.4 Å². The highest BCUT2D eigenvalue weighted by atomic mass is 19.1. The SMILES string of the molecule is [2H]C([2H])(Nc1cccc2c1C([2H])([2H])N(C1C(=O)NC(=O)C([2H])([2H])C1([2H])[2H])C2=O)c1cc(C([2H])([2H])N2C([2H])([2H])C([2H])([2H])OC([2H])([2H])C2([2H])[2H])ccc1F. The number of nitrogens with zero attached hydrogens (tertiary/aromatic N) is 2. The number of piperidine rings is 1. The molecule has 34 heavy (non-hydrogen) atoms. The number of ether oxygens (including phenoxy) is 1. The first-order valence-electron chi connectivity index (χ1n) is 18.6. The maximum absolute atomic E-state index is 15.4. The van der Waals surface area contributed by atoms with Crippen LogP contribution in [0, 0.1) is 5.82 Å². The molecule has 9 heteroatoms. The van der Waals surface area contributed by atoms with Gasteiger partial charge < -0.3 is 15.0 Å². The lowest BCUT2D eigenvalue weighted by molar-refractivity contribution is -0.136. The lowest BCUT2D eigenvalue weighted by Gasteiger charge is -2.29. The third-order valence-electron chi connectivity index (χ3n) is 4.77. The first-order chi connectivity index (χ1) is 23.2. The highest BCUT2D eigenvalue weighted by Crippen LogP contribution is 2.32. The van der Waals surface area contributed by atoms with Gasteiger partial charge in [-0.2, -0.15) is 0 Å². The van der Waals surface area contributed by atoms with Crippen LogP contribution in [-0.2, 0) is 33.8 Å². The zero-order chi connectivity index (χ0) is 39.8. The van der Waals surface area contributed by atoms with Crippen molar-refractivity contribution in [2.45, 2.75) is 38.3 Å². The van der Waals surface area contributed by atoms with Gasteiger partial charge >= 0.3 is 0 Å². The zero-order valence-electron chi connectivity index (χ0n) is 34.9. The van der Waals surface area contributed by atoms with Gasteiger partial charge in [0.25, 0.3) is 5.91 Å². The number of hydrogen-bond acceptors (Lipinski definition) is 6. The summed E-state index contributed by atoms with van der Waals surface area (Å²) in [6.45, 7) is -24.9. The third-order valence-corrected chi connectivity index (χ3v) is 4.77. The lowest BCUT2D eigenvalue weighted by Crippen LogP contribution is -2.52. The molecule has 5 rings (SSSR count). The van der Waals surface area contributed by atoms with Crippen molar-refractivity contribution in [3.63, 3.8) is 0 Å². The van der Waals surface area contributed by atoms with Crippen LogP contribution < -0.4 is 10.6 Å². The lowest BCUT2D eigenvalue weighted by atomic mass is 10.0. The molecule has 178 valence electrons. The number of carbonyl (C=O) groups excluding carboxylic acids is 3. The fourth-order valence-electron chi connectivity index (χ4n) is 3.23. The van der Waals surface area contributed by atoms with Crippen molar-refractivity contribution in [3.05, 3.63) is 64.5 Å². The van der Waals surface area contributed by atoms with Gasteiger partial charge in [-0.05, 0) is 36.2 Å². The Morgan fingerprint density at radius 2 is 2.03 bits per heavy atom. The van der Waals surface area contributed by atoms with Crippen LogP contribution in [0.1, 0.15) is 64.5 Å². The summed E-state index contributed by atoms with van der Waals surface area (Å²) in [5.74, 6) is -5.99. The molecular formula is C25H27FN4O4. The molecule has 2 aromatic rings. The van der Waals surface area contributed by atoms with Gasteiger partial charge in [-0.3, -0.25) is 24.6 Å². The Morgan fingerprint density at radius 3 is 2.85 bits per heavy atom. The number of carbonyl (C=O) groups is 3.